The SMILES string of the molecule is COC(OC)C1CCNc2nc(CC(=O)O)nn21. The van der Waals surface area contributed by atoms with Crippen molar-refractivity contribution in [1.82, 2.24) is 14.8 Å². The van der Waals surface area contributed by atoms with E-state index in [0.717, 1.165) is 13.0 Å². The van der Waals surface area contributed by atoms with Crippen LogP contribution >= 0.6 is 0 Å². The molecule has 1 aliphatic rings. The molecule has 0 aliphatic carbocycles. The van der Waals surface area contributed by atoms with Crippen LogP contribution in [0.5, 0.6) is 0 Å². The number of nitrogens with one attached hydrogen (secondary N) is 1. The zero-order valence-electron chi connectivity index (χ0n) is 10.3. The molecule has 0 bridgehead atoms. The highest BCUT2D eigenvalue weighted by molar-refractivity contribution is 5.69. The summed E-state index contributed by atoms with van der Waals surface area (Å²) < 4.78 is 12.1. The average Bonchev–Trinajstić information content (AvgIpc) is 2.72. The molecule has 2 rings (SSSR count). The number of aliphatic carboxylic acids is 1. The van der Waals surface area contributed by atoms with Crippen LogP contribution < -0.4 is 5.32 Å². The first-order valence-electron chi connectivity index (χ1n) is 5.62. The van der Waals surface area contributed by atoms with Gasteiger partial charge in [-0.1, -0.05) is 0 Å². The molecule has 1 aromatic rings. The highest BCUT2D eigenvalue weighted by Crippen LogP contribution is 2.26. The van der Waals surface area contributed by atoms with Gasteiger partial charge in [0.25, 0.3) is 0 Å². The fraction of sp³-hybridized carbons (Fsp3) is 0.700. The van der Waals surface area contributed by atoms with E-state index in [2.05, 4.69) is 15.4 Å². The van der Waals surface area contributed by atoms with Gasteiger partial charge in [-0.25, -0.2) is 4.68 Å². The van der Waals surface area contributed by atoms with Crippen LogP contribution in [0.3, 0.4) is 0 Å². The summed E-state index contributed by atoms with van der Waals surface area (Å²) in [4.78, 5) is 14.8. The number of carboxylic acid groups (broad SMARTS) is 1. The number of rotatable bonds is 5. The summed E-state index contributed by atoms with van der Waals surface area (Å²) in [5, 5.41) is 16.0. The Labute approximate surface area is 104 Å². The number of carboxylic acids is 1. The molecule has 1 unspecified atom stereocenters. The van der Waals surface area contributed by atoms with Crippen LogP contribution in [0.15, 0.2) is 0 Å². The van der Waals surface area contributed by atoms with Crippen molar-refractivity contribution in [1.29, 1.82) is 0 Å². The monoisotopic (exact) mass is 256 g/mol. The Morgan fingerprint density at radius 3 is 2.94 bits per heavy atom. The fourth-order valence-corrected chi connectivity index (χ4v) is 2.05. The van der Waals surface area contributed by atoms with Crippen LogP contribution in [0.25, 0.3) is 0 Å². The van der Waals surface area contributed by atoms with E-state index in [1.165, 1.54) is 0 Å². The maximum absolute atomic E-state index is 10.7. The van der Waals surface area contributed by atoms with Crippen LogP contribution in [0.4, 0.5) is 5.95 Å². The van der Waals surface area contributed by atoms with E-state index < -0.39 is 12.3 Å². The van der Waals surface area contributed by atoms with Crippen molar-refractivity contribution in [2.24, 2.45) is 0 Å². The lowest BCUT2D eigenvalue weighted by molar-refractivity contribution is -0.136. The molecule has 0 saturated heterocycles. The molecule has 2 N–H and O–H groups in total. The van der Waals surface area contributed by atoms with Crippen molar-refractivity contribution in [3.8, 4) is 0 Å². The number of ether oxygens (including phenoxy) is 2. The molecule has 8 heteroatoms. The summed E-state index contributed by atoms with van der Waals surface area (Å²) >= 11 is 0. The molecule has 1 aliphatic heterocycles. The number of fused-ring (bicyclic) bond motifs is 1. The van der Waals surface area contributed by atoms with E-state index >= 15 is 0 Å². The Hall–Kier alpha value is -1.67. The van der Waals surface area contributed by atoms with Crippen LogP contribution in [0, 0.1) is 0 Å². The predicted octanol–water partition coefficient (Wildman–Crippen LogP) is -0.119. The Morgan fingerprint density at radius 1 is 1.61 bits per heavy atom. The molecular weight excluding hydrogens is 240 g/mol. The van der Waals surface area contributed by atoms with E-state index in [0.29, 0.717) is 5.95 Å². The number of carbonyl (C=O) groups is 1. The standard InChI is InChI=1S/C10H16N4O4/c1-17-9(18-2)6-3-4-11-10-12-7(5-8(15)16)13-14(6)10/h6,9H,3-5H2,1-2H3,(H,15,16)(H,11,12,13). The van der Waals surface area contributed by atoms with Crippen LogP contribution in [-0.2, 0) is 20.7 Å². The Morgan fingerprint density at radius 2 is 2.33 bits per heavy atom. The molecule has 100 valence electrons. The maximum Gasteiger partial charge on any atom is 0.311 e. The second kappa shape index (κ2) is 5.32. The summed E-state index contributed by atoms with van der Waals surface area (Å²) in [7, 11) is 3.12. The van der Waals surface area contributed by atoms with Gasteiger partial charge in [-0.3, -0.25) is 4.79 Å². The van der Waals surface area contributed by atoms with E-state index in [1.807, 2.05) is 0 Å². The Bertz CT molecular complexity index is 430. The third-order valence-electron chi connectivity index (χ3n) is 2.80. The maximum atomic E-state index is 10.7. The minimum Gasteiger partial charge on any atom is -0.481 e. The van der Waals surface area contributed by atoms with Gasteiger partial charge < -0.3 is 19.9 Å². The lowest BCUT2D eigenvalue weighted by Gasteiger charge is -2.29. The minimum absolute atomic E-state index is 0.105. The molecule has 0 saturated carbocycles. The largest absolute Gasteiger partial charge is 0.481 e. The molecule has 1 aromatic heterocycles. The number of methoxy groups -OCH3 is 2. The molecular formula is C10H16N4O4. The van der Waals surface area contributed by atoms with Crippen LogP contribution in [0.2, 0.25) is 0 Å². The van der Waals surface area contributed by atoms with E-state index in [-0.39, 0.29) is 18.3 Å². The summed E-state index contributed by atoms with van der Waals surface area (Å²) in [5.41, 5.74) is 0. The van der Waals surface area contributed by atoms with E-state index in [1.54, 1.807) is 18.9 Å². The highest BCUT2D eigenvalue weighted by Gasteiger charge is 2.30. The zero-order valence-corrected chi connectivity index (χ0v) is 10.3. The van der Waals surface area contributed by atoms with Gasteiger partial charge in [-0.15, -0.1) is 0 Å². The van der Waals surface area contributed by atoms with Gasteiger partial charge in [0.1, 0.15) is 12.5 Å². The number of anilines is 1. The van der Waals surface area contributed by atoms with Gasteiger partial charge in [-0.05, 0) is 6.42 Å². The number of nitrogens with zero attached hydrogens (tertiary/aromatic N) is 3. The molecule has 0 aromatic carbocycles. The summed E-state index contributed by atoms with van der Waals surface area (Å²) in [6.07, 6.45) is 0.152. The number of hydrogen-bond donors (Lipinski definition) is 2. The van der Waals surface area contributed by atoms with Crippen molar-refractivity contribution in [2.45, 2.75) is 25.2 Å². The third kappa shape index (κ3) is 2.44. The summed E-state index contributed by atoms with van der Waals surface area (Å²) in [5.74, 6) is -0.117. The quantitative estimate of drug-likeness (QED) is 0.708. The van der Waals surface area contributed by atoms with Crippen molar-refractivity contribution in [3.63, 3.8) is 0 Å². The first-order valence-corrected chi connectivity index (χ1v) is 5.62. The molecule has 0 radical (unpaired) electrons. The Balaban J connectivity index is 2.25. The van der Waals surface area contributed by atoms with Crippen molar-refractivity contribution in [2.75, 3.05) is 26.1 Å². The van der Waals surface area contributed by atoms with Gasteiger partial charge in [0.15, 0.2) is 12.1 Å². The van der Waals surface area contributed by atoms with Gasteiger partial charge in [0.05, 0.1) is 0 Å². The first-order chi connectivity index (χ1) is 8.65. The molecule has 0 amide bonds. The second-order valence-electron chi connectivity index (χ2n) is 3.99. The normalized spacial score (nSPS) is 18.5. The minimum atomic E-state index is -0.954. The lowest BCUT2D eigenvalue weighted by Crippen LogP contribution is -2.34. The predicted molar refractivity (Wildman–Crippen MR) is 61.3 cm³/mol. The average molecular weight is 256 g/mol. The van der Waals surface area contributed by atoms with Gasteiger partial charge in [-0.2, -0.15) is 10.1 Å². The highest BCUT2D eigenvalue weighted by atomic mass is 16.7. The summed E-state index contributed by atoms with van der Waals surface area (Å²) in [6.45, 7) is 0.721. The van der Waals surface area contributed by atoms with Crippen molar-refractivity contribution >= 4 is 11.9 Å². The van der Waals surface area contributed by atoms with Crippen LogP contribution in [-0.4, -0.2) is 52.9 Å². The smallest absolute Gasteiger partial charge is 0.311 e. The zero-order chi connectivity index (χ0) is 13.1. The molecule has 1 atom stereocenters. The van der Waals surface area contributed by atoms with Gasteiger partial charge >= 0.3 is 5.97 Å². The van der Waals surface area contributed by atoms with Gasteiger partial charge in [0.2, 0.25) is 5.95 Å². The lowest BCUT2D eigenvalue weighted by atomic mass is 10.2. The second-order valence-corrected chi connectivity index (χ2v) is 3.99. The van der Waals surface area contributed by atoms with E-state index in [9.17, 15) is 4.79 Å². The molecule has 2 heterocycles. The first kappa shape index (κ1) is 12.8. The van der Waals surface area contributed by atoms with Crippen molar-refractivity contribution < 1.29 is 19.4 Å². The summed E-state index contributed by atoms with van der Waals surface area (Å²) in [6, 6.07) is -0.105. The molecule has 8 nitrogen and oxygen atoms in total. The number of aromatic nitrogens is 3. The third-order valence-corrected chi connectivity index (χ3v) is 2.80. The number of hydrogen-bond acceptors (Lipinski definition) is 6. The fourth-order valence-electron chi connectivity index (χ4n) is 2.05. The molecule has 0 fully saturated rings. The molecule has 0 spiro atoms. The van der Waals surface area contributed by atoms with Crippen LogP contribution in [0.1, 0.15) is 18.3 Å². The Kier molecular flexibility index (Phi) is 3.78. The topological polar surface area (TPSA) is 98.5 Å². The van der Waals surface area contributed by atoms with Crippen molar-refractivity contribution in [3.05, 3.63) is 5.82 Å². The van der Waals surface area contributed by atoms with E-state index in [4.69, 9.17) is 14.6 Å². The van der Waals surface area contributed by atoms with Gasteiger partial charge in [0, 0.05) is 20.8 Å². The molecule has 18 heavy (non-hydrogen) atoms.